The topological polar surface area (TPSA) is 66.6 Å². The van der Waals surface area contributed by atoms with Crippen molar-refractivity contribution in [2.24, 2.45) is 5.73 Å². The maximum absolute atomic E-state index is 10.7. The third-order valence-electron chi connectivity index (χ3n) is 3.53. The molecule has 0 spiro atoms. The number of carboxylic acid groups (broad SMARTS) is 1. The molecule has 0 aromatic carbocycles. The molecule has 1 saturated heterocycles. The summed E-state index contributed by atoms with van der Waals surface area (Å²) in [7, 11) is 1.98. The van der Waals surface area contributed by atoms with Gasteiger partial charge < -0.3 is 10.8 Å². The van der Waals surface area contributed by atoms with Gasteiger partial charge in [-0.1, -0.05) is 0 Å². The number of likely N-dealkylation sites (N-methyl/N-ethyl adjacent to an activating group) is 1. The van der Waals surface area contributed by atoms with Crippen molar-refractivity contribution in [3.63, 3.8) is 0 Å². The van der Waals surface area contributed by atoms with E-state index in [1.165, 1.54) is 0 Å². The fraction of sp³-hybridized carbons (Fsp3) is 0.889. The van der Waals surface area contributed by atoms with Crippen LogP contribution in [0.1, 0.15) is 26.7 Å². The van der Waals surface area contributed by atoms with Gasteiger partial charge in [0.1, 0.15) is 0 Å². The summed E-state index contributed by atoms with van der Waals surface area (Å²) < 4.78 is 0. The zero-order valence-electron chi connectivity index (χ0n) is 8.50. The van der Waals surface area contributed by atoms with Gasteiger partial charge >= 0.3 is 5.97 Å². The second kappa shape index (κ2) is 2.96. The molecule has 1 aliphatic rings. The van der Waals surface area contributed by atoms with Crippen molar-refractivity contribution in [3.8, 4) is 0 Å². The van der Waals surface area contributed by atoms with E-state index in [-0.39, 0.29) is 12.0 Å². The van der Waals surface area contributed by atoms with Crippen LogP contribution in [-0.4, -0.2) is 40.6 Å². The van der Waals surface area contributed by atoms with Gasteiger partial charge in [0, 0.05) is 17.6 Å². The van der Waals surface area contributed by atoms with Crippen molar-refractivity contribution < 1.29 is 9.90 Å². The first-order chi connectivity index (χ1) is 5.79. The van der Waals surface area contributed by atoms with Gasteiger partial charge in [-0.25, -0.2) is 0 Å². The minimum Gasteiger partial charge on any atom is -0.481 e. The zero-order valence-corrected chi connectivity index (χ0v) is 8.50. The Bertz CT molecular complexity index is 228. The molecule has 0 aromatic rings. The van der Waals surface area contributed by atoms with Crippen molar-refractivity contribution >= 4 is 5.97 Å². The van der Waals surface area contributed by atoms with Crippen LogP contribution in [0.2, 0.25) is 0 Å². The zero-order chi connectivity index (χ0) is 10.3. The van der Waals surface area contributed by atoms with E-state index in [2.05, 4.69) is 4.90 Å². The van der Waals surface area contributed by atoms with E-state index in [0.717, 1.165) is 13.0 Å². The summed E-state index contributed by atoms with van der Waals surface area (Å²) in [5.74, 6) is -0.814. The molecule has 1 aliphatic heterocycles. The molecule has 4 nitrogen and oxygen atoms in total. The summed E-state index contributed by atoms with van der Waals surface area (Å²) >= 11 is 0. The molecular formula is C9H18N2O2. The number of carbonyl (C=O) groups is 1. The molecule has 1 atom stereocenters. The number of nitrogens with two attached hydrogens (primary N) is 1. The quantitative estimate of drug-likeness (QED) is 0.649. The van der Waals surface area contributed by atoms with Gasteiger partial charge in [0.05, 0.1) is 6.42 Å². The number of hydrogen-bond acceptors (Lipinski definition) is 3. The third kappa shape index (κ3) is 1.56. The van der Waals surface area contributed by atoms with Gasteiger partial charge in [-0.2, -0.15) is 0 Å². The van der Waals surface area contributed by atoms with Gasteiger partial charge in [0.25, 0.3) is 0 Å². The number of nitrogens with zero attached hydrogens (tertiary/aromatic N) is 1. The van der Waals surface area contributed by atoms with E-state index in [4.69, 9.17) is 10.8 Å². The number of aliphatic carboxylic acids is 1. The van der Waals surface area contributed by atoms with E-state index in [1.807, 2.05) is 20.9 Å². The molecule has 0 amide bonds. The molecule has 0 saturated carbocycles. The highest BCUT2D eigenvalue weighted by atomic mass is 16.4. The average molecular weight is 186 g/mol. The Morgan fingerprint density at radius 2 is 2.15 bits per heavy atom. The molecule has 0 aliphatic carbocycles. The molecule has 1 fully saturated rings. The fourth-order valence-corrected chi connectivity index (χ4v) is 1.91. The Kier molecular flexibility index (Phi) is 2.38. The Morgan fingerprint density at radius 1 is 1.62 bits per heavy atom. The van der Waals surface area contributed by atoms with Crippen LogP contribution in [0, 0.1) is 0 Å². The van der Waals surface area contributed by atoms with Crippen molar-refractivity contribution in [3.05, 3.63) is 0 Å². The first-order valence-electron chi connectivity index (χ1n) is 4.51. The Balaban J connectivity index is 2.85. The normalized spacial score (nSPS) is 33.5. The number of hydrogen-bond donors (Lipinski definition) is 2. The summed E-state index contributed by atoms with van der Waals surface area (Å²) in [6.45, 7) is 4.88. The van der Waals surface area contributed by atoms with Crippen LogP contribution in [0.15, 0.2) is 0 Å². The van der Waals surface area contributed by atoms with Crippen molar-refractivity contribution in [1.29, 1.82) is 0 Å². The van der Waals surface area contributed by atoms with E-state index in [1.54, 1.807) is 0 Å². The summed E-state index contributed by atoms with van der Waals surface area (Å²) in [5, 5.41) is 8.76. The smallest absolute Gasteiger partial charge is 0.305 e. The molecule has 76 valence electrons. The summed E-state index contributed by atoms with van der Waals surface area (Å²) in [6, 6.07) is 0. The van der Waals surface area contributed by atoms with Crippen LogP contribution in [0.3, 0.4) is 0 Å². The lowest BCUT2D eigenvalue weighted by Gasteiger charge is -2.40. The second-order valence-electron chi connectivity index (χ2n) is 4.46. The highest BCUT2D eigenvalue weighted by molar-refractivity contribution is 5.69. The predicted octanol–water partition coefficient (Wildman–Crippen LogP) is 0.273. The van der Waals surface area contributed by atoms with E-state index in [9.17, 15) is 4.79 Å². The monoisotopic (exact) mass is 186 g/mol. The molecule has 0 aromatic heterocycles. The van der Waals surface area contributed by atoms with E-state index < -0.39 is 11.5 Å². The van der Waals surface area contributed by atoms with Crippen LogP contribution in [0.25, 0.3) is 0 Å². The standard InChI is InChI=1S/C9H18N2O2/c1-8(2)9(10,6-7(12)13)4-5-11(8)3/h4-6,10H2,1-3H3,(H,12,13). The molecule has 13 heavy (non-hydrogen) atoms. The Hall–Kier alpha value is -0.610. The summed E-state index contributed by atoms with van der Waals surface area (Å²) in [4.78, 5) is 12.8. The van der Waals surface area contributed by atoms with Crippen LogP contribution < -0.4 is 5.73 Å². The Labute approximate surface area is 78.7 Å². The molecule has 4 heteroatoms. The maximum atomic E-state index is 10.7. The van der Waals surface area contributed by atoms with Crippen molar-refractivity contribution in [2.75, 3.05) is 13.6 Å². The van der Waals surface area contributed by atoms with Gasteiger partial charge in [0.2, 0.25) is 0 Å². The molecular weight excluding hydrogens is 168 g/mol. The van der Waals surface area contributed by atoms with Gasteiger partial charge in [-0.15, -0.1) is 0 Å². The highest BCUT2D eigenvalue weighted by Gasteiger charge is 2.50. The highest BCUT2D eigenvalue weighted by Crippen LogP contribution is 2.37. The minimum absolute atomic E-state index is 0.0460. The fourth-order valence-electron chi connectivity index (χ4n) is 1.91. The summed E-state index contributed by atoms with van der Waals surface area (Å²) in [5.41, 5.74) is 5.29. The molecule has 3 N–H and O–H groups in total. The van der Waals surface area contributed by atoms with Gasteiger partial charge in [-0.3, -0.25) is 9.69 Å². The molecule has 1 unspecified atom stereocenters. The largest absolute Gasteiger partial charge is 0.481 e. The minimum atomic E-state index is -0.814. The number of carboxylic acids is 1. The maximum Gasteiger partial charge on any atom is 0.305 e. The predicted molar refractivity (Wildman–Crippen MR) is 50.5 cm³/mol. The summed E-state index contributed by atoms with van der Waals surface area (Å²) in [6.07, 6.45) is 0.799. The average Bonchev–Trinajstić information content (AvgIpc) is 2.13. The lowest BCUT2D eigenvalue weighted by Crippen LogP contribution is -2.59. The van der Waals surface area contributed by atoms with Crippen molar-refractivity contribution in [1.82, 2.24) is 4.90 Å². The second-order valence-corrected chi connectivity index (χ2v) is 4.46. The molecule has 0 bridgehead atoms. The first-order valence-corrected chi connectivity index (χ1v) is 4.51. The molecule has 0 radical (unpaired) electrons. The van der Waals surface area contributed by atoms with Crippen LogP contribution in [-0.2, 0) is 4.79 Å². The number of likely N-dealkylation sites (tertiary alicyclic amines) is 1. The number of rotatable bonds is 2. The SMILES string of the molecule is CN1CCC(N)(CC(=O)O)C1(C)C. The van der Waals surface area contributed by atoms with Crippen LogP contribution in [0.5, 0.6) is 0 Å². The Morgan fingerprint density at radius 3 is 2.46 bits per heavy atom. The first kappa shape index (κ1) is 10.5. The van der Waals surface area contributed by atoms with E-state index >= 15 is 0 Å². The van der Waals surface area contributed by atoms with E-state index in [0.29, 0.717) is 0 Å². The molecule has 1 rings (SSSR count). The van der Waals surface area contributed by atoms with Gasteiger partial charge in [-0.05, 0) is 27.3 Å². The van der Waals surface area contributed by atoms with Gasteiger partial charge in [0.15, 0.2) is 0 Å². The lowest BCUT2D eigenvalue weighted by molar-refractivity contribution is -0.139. The van der Waals surface area contributed by atoms with Crippen LogP contribution >= 0.6 is 0 Å². The lowest BCUT2D eigenvalue weighted by atomic mass is 9.78. The van der Waals surface area contributed by atoms with Crippen molar-refractivity contribution in [2.45, 2.75) is 37.8 Å². The van der Waals surface area contributed by atoms with Crippen LogP contribution in [0.4, 0.5) is 0 Å². The third-order valence-corrected chi connectivity index (χ3v) is 3.53. The molecule has 1 heterocycles.